The monoisotopic (exact) mass is 368 g/mol. The fourth-order valence-corrected chi connectivity index (χ4v) is 3.24. The lowest BCUT2D eigenvalue weighted by Crippen LogP contribution is -2.20. The van der Waals surface area contributed by atoms with E-state index in [0.29, 0.717) is 28.9 Å². The number of nitrogens with one attached hydrogen (secondary N) is 1. The summed E-state index contributed by atoms with van der Waals surface area (Å²) in [7, 11) is 7.02. The third kappa shape index (κ3) is 3.79. The van der Waals surface area contributed by atoms with Gasteiger partial charge in [0, 0.05) is 25.5 Å². The van der Waals surface area contributed by atoms with E-state index in [1.807, 2.05) is 30.3 Å². The second-order valence-corrected chi connectivity index (χ2v) is 6.19. The van der Waals surface area contributed by atoms with Crippen LogP contribution in [-0.4, -0.2) is 44.5 Å². The first kappa shape index (κ1) is 18.5. The molecular weight excluding hydrogens is 348 g/mol. The van der Waals surface area contributed by atoms with E-state index in [4.69, 9.17) is 21.1 Å². The van der Waals surface area contributed by atoms with Gasteiger partial charge in [-0.15, -0.1) is 11.8 Å². The summed E-state index contributed by atoms with van der Waals surface area (Å²) < 4.78 is 10.8. The summed E-state index contributed by atoms with van der Waals surface area (Å²) in [6, 6.07) is 3.97. The lowest BCUT2D eigenvalue weighted by molar-refractivity contribution is 0.353. The van der Waals surface area contributed by atoms with Gasteiger partial charge < -0.3 is 19.7 Å². The minimum atomic E-state index is 0.395. The Morgan fingerprint density at radius 1 is 1.21 bits per heavy atom. The summed E-state index contributed by atoms with van der Waals surface area (Å²) in [5.74, 6) is 2.15. The fraction of sp³-hybridized carbons (Fsp3) is 0.375. The molecule has 6 nitrogen and oxygen atoms in total. The second-order valence-electron chi connectivity index (χ2n) is 4.99. The normalized spacial score (nSPS) is 10.4. The van der Waals surface area contributed by atoms with Crippen molar-refractivity contribution in [2.24, 2.45) is 0 Å². The number of thioether (sulfide) groups is 1. The Bertz CT molecular complexity index is 715. The molecule has 2 rings (SSSR count). The lowest BCUT2D eigenvalue weighted by Gasteiger charge is -2.23. The van der Waals surface area contributed by atoms with Crippen LogP contribution in [0.4, 0.5) is 11.5 Å². The predicted octanol–water partition coefficient (Wildman–Crippen LogP) is 3.55. The quantitative estimate of drug-likeness (QED) is 0.592. The van der Waals surface area contributed by atoms with Crippen LogP contribution >= 0.6 is 23.4 Å². The highest BCUT2D eigenvalue weighted by Gasteiger charge is 2.16. The van der Waals surface area contributed by atoms with Gasteiger partial charge in [0.15, 0.2) is 22.5 Å². The van der Waals surface area contributed by atoms with E-state index >= 15 is 0 Å². The van der Waals surface area contributed by atoms with Crippen LogP contribution in [0.25, 0.3) is 0 Å². The van der Waals surface area contributed by atoms with Crippen LogP contribution < -0.4 is 19.7 Å². The molecule has 0 bridgehead atoms. The van der Waals surface area contributed by atoms with Crippen molar-refractivity contribution in [1.82, 2.24) is 9.97 Å². The minimum absolute atomic E-state index is 0.395. The van der Waals surface area contributed by atoms with Crippen LogP contribution in [0.1, 0.15) is 5.56 Å². The van der Waals surface area contributed by atoms with E-state index in [1.165, 1.54) is 6.33 Å². The zero-order valence-corrected chi connectivity index (χ0v) is 16.0. The van der Waals surface area contributed by atoms with Gasteiger partial charge in [-0.3, -0.25) is 0 Å². The van der Waals surface area contributed by atoms with Gasteiger partial charge in [-0.05, 0) is 24.0 Å². The smallest absolute Gasteiger partial charge is 0.161 e. The number of ether oxygens (including phenoxy) is 2. The van der Waals surface area contributed by atoms with E-state index < -0.39 is 0 Å². The molecular formula is C16H21ClN4O2S. The largest absolute Gasteiger partial charge is 0.493 e. The second kappa shape index (κ2) is 8.30. The van der Waals surface area contributed by atoms with Crippen molar-refractivity contribution in [1.29, 1.82) is 0 Å². The molecule has 2 aromatic rings. The average Bonchev–Trinajstić information content (AvgIpc) is 2.60. The molecule has 1 aromatic heterocycles. The molecule has 1 N–H and O–H groups in total. The Balaban J connectivity index is 2.38. The molecule has 0 saturated carbocycles. The van der Waals surface area contributed by atoms with Crippen molar-refractivity contribution in [3.8, 4) is 11.5 Å². The van der Waals surface area contributed by atoms with Gasteiger partial charge in [0.05, 0.1) is 14.2 Å². The average molecular weight is 369 g/mol. The van der Waals surface area contributed by atoms with Gasteiger partial charge in [-0.25, -0.2) is 9.97 Å². The predicted molar refractivity (Wildman–Crippen MR) is 100 cm³/mol. The van der Waals surface area contributed by atoms with Crippen LogP contribution in [-0.2, 0) is 6.54 Å². The number of nitrogens with zero attached hydrogens (tertiary/aromatic N) is 3. The number of hydrogen-bond donors (Lipinski definition) is 1. The molecule has 1 aromatic carbocycles. The lowest BCUT2D eigenvalue weighted by atomic mass is 10.2. The zero-order valence-electron chi connectivity index (χ0n) is 14.4. The first-order chi connectivity index (χ1) is 11.5. The summed E-state index contributed by atoms with van der Waals surface area (Å²) in [6.07, 6.45) is 3.49. The maximum absolute atomic E-state index is 6.14. The third-order valence-corrected chi connectivity index (χ3v) is 4.69. The molecule has 0 atom stereocenters. The number of aromatic nitrogens is 2. The van der Waals surface area contributed by atoms with E-state index in [2.05, 4.69) is 15.3 Å². The summed E-state index contributed by atoms with van der Waals surface area (Å²) in [6.45, 7) is 0.637. The summed E-state index contributed by atoms with van der Waals surface area (Å²) >= 11 is 7.80. The van der Waals surface area contributed by atoms with Gasteiger partial charge in [0.25, 0.3) is 0 Å². The Kier molecular flexibility index (Phi) is 6.39. The summed E-state index contributed by atoms with van der Waals surface area (Å²) in [5.41, 5.74) is 1.81. The number of benzene rings is 1. The van der Waals surface area contributed by atoms with Crippen LogP contribution in [0, 0.1) is 0 Å². The van der Waals surface area contributed by atoms with E-state index in [0.717, 1.165) is 16.3 Å². The molecule has 8 heteroatoms. The Morgan fingerprint density at radius 2 is 1.88 bits per heavy atom. The Labute approximate surface area is 151 Å². The van der Waals surface area contributed by atoms with Crippen LogP contribution in [0.3, 0.4) is 0 Å². The van der Waals surface area contributed by atoms with Crippen LogP contribution in [0.5, 0.6) is 11.5 Å². The van der Waals surface area contributed by atoms with E-state index in [-0.39, 0.29) is 0 Å². The van der Waals surface area contributed by atoms with Crippen molar-refractivity contribution in [2.75, 3.05) is 44.8 Å². The molecule has 24 heavy (non-hydrogen) atoms. The van der Waals surface area contributed by atoms with E-state index in [9.17, 15) is 0 Å². The zero-order chi connectivity index (χ0) is 17.7. The van der Waals surface area contributed by atoms with Crippen molar-refractivity contribution in [2.45, 2.75) is 11.4 Å². The maximum atomic E-state index is 6.14. The molecule has 130 valence electrons. The van der Waals surface area contributed by atoms with Gasteiger partial charge in [-0.2, -0.15) is 0 Å². The highest BCUT2D eigenvalue weighted by atomic mass is 35.5. The van der Waals surface area contributed by atoms with Gasteiger partial charge in [-0.1, -0.05) is 11.6 Å². The highest BCUT2D eigenvalue weighted by Crippen LogP contribution is 2.36. The first-order valence-corrected chi connectivity index (χ1v) is 8.84. The Morgan fingerprint density at radius 3 is 2.46 bits per heavy atom. The summed E-state index contributed by atoms with van der Waals surface area (Å²) in [4.78, 5) is 11.5. The topological polar surface area (TPSA) is 59.5 Å². The standard InChI is InChI=1S/C16H21ClN4O2S/c1-18-14-15(17)19-9-20-16(14)21(2)8-10-6-11(22-3)12(23-4)7-13(10)24-5/h6-7,9,18H,8H2,1-5H3. The van der Waals surface area contributed by atoms with Gasteiger partial charge in [0.2, 0.25) is 0 Å². The van der Waals surface area contributed by atoms with Crippen molar-refractivity contribution >= 4 is 34.9 Å². The summed E-state index contributed by atoms with van der Waals surface area (Å²) in [5, 5.41) is 3.45. The third-order valence-electron chi connectivity index (χ3n) is 3.59. The molecule has 1 heterocycles. The number of methoxy groups -OCH3 is 2. The number of hydrogen-bond acceptors (Lipinski definition) is 7. The molecule has 0 unspecified atom stereocenters. The number of halogens is 1. The highest BCUT2D eigenvalue weighted by molar-refractivity contribution is 7.98. The van der Waals surface area contributed by atoms with Crippen molar-refractivity contribution in [3.63, 3.8) is 0 Å². The first-order valence-electron chi connectivity index (χ1n) is 7.24. The SMILES string of the molecule is CNc1c(Cl)ncnc1N(C)Cc1cc(OC)c(OC)cc1SC. The number of rotatable bonds is 7. The van der Waals surface area contributed by atoms with Gasteiger partial charge in [0.1, 0.15) is 12.0 Å². The number of anilines is 2. The molecule has 0 aliphatic rings. The van der Waals surface area contributed by atoms with Crippen molar-refractivity contribution in [3.05, 3.63) is 29.2 Å². The Hall–Kier alpha value is -1.86. The van der Waals surface area contributed by atoms with Crippen LogP contribution in [0.15, 0.2) is 23.4 Å². The molecule has 0 fully saturated rings. The van der Waals surface area contributed by atoms with E-state index in [1.54, 1.807) is 33.0 Å². The molecule has 0 saturated heterocycles. The van der Waals surface area contributed by atoms with Gasteiger partial charge >= 0.3 is 0 Å². The fourth-order valence-electron chi connectivity index (χ4n) is 2.41. The molecule has 0 amide bonds. The molecule has 0 spiro atoms. The maximum Gasteiger partial charge on any atom is 0.161 e. The molecule has 0 aliphatic heterocycles. The van der Waals surface area contributed by atoms with Crippen LogP contribution in [0.2, 0.25) is 5.15 Å². The molecule has 0 aliphatic carbocycles. The van der Waals surface area contributed by atoms with Crippen molar-refractivity contribution < 1.29 is 9.47 Å². The molecule has 0 radical (unpaired) electrons. The minimum Gasteiger partial charge on any atom is -0.493 e.